The molecule has 0 radical (unpaired) electrons. The van der Waals surface area contributed by atoms with Crippen LogP contribution in [0.25, 0.3) is 0 Å². The zero-order valence-electron chi connectivity index (χ0n) is 9.34. The third kappa shape index (κ3) is 2.88. The number of rotatable bonds is 3. The van der Waals surface area contributed by atoms with Crippen LogP contribution in [0.1, 0.15) is 26.2 Å². The van der Waals surface area contributed by atoms with Gasteiger partial charge in [-0.3, -0.25) is 4.79 Å². The Hall–Kier alpha value is -0.220. The number of hydrogen-bond acceptors (Lipinski definition) is 3. The van der Waals surface area contributed by atoms with Crippen molar-refractivity contribution in [3.63, 3.8) is 0 Å². The first-order chi connectivity index (χ1) is 7.20. The minimum absolute atomic E-state index is 0.0347. The maximum atomic E-state index is 11.8. The van der Waals surface area contributed by atoms with E-state index in [2.05, 4.69) is 17.6 Å². The van der Waals surface area contributed by atoms with E-state index >= 15 is 0 Å². The van der Waals surface area contributed by atoms with Gasteiger partial charge in [0.2, 0.25) is 5.91 Å². The second-order valence-corrected chi connectivity index (χ2v) is 6.11. The van der Waals surface area contributed by atoms with E-state index < -0.39 is 0 Å². The van der Waals surface area contributed by atoms with Crippen LogP contribution in [0.5, 0.6) is 0 Å². The lowest BCUT2D eigenvalue weighted by Gasteiger charge is -2.38. The SMILES string of the molecule is CC1(CNC(=O)C2CSCCN2)CCC1. The van der Waals surface area contributed by atoms with E-state index in [1.807, 2.05) is 11.8 Å². The average Bonchev–Trinajstić information content (AvgIpc) is 2.24. The van der Waals surface area contributed by atoms with E-state index in [0.717, 1.165) is 24.6 Å². The molecule has 1 amide bonds. The number of thioether (sulfide) groups is 1. The van der Waals surface area contributed by atoms with Crippen molar-refractivity contribution in [2.45, 2.75) is 32.2 Å². The molecule has 1 aliphatic heterocycles. The van der Waals surface area contributed by atoms with E-state index in [4.69, 9.17) is 0 Å². The molecule has 3 nitrogen and oxygen atoms in total. The first-order valence-electron chi connectivity index (χ1n) is 5.78. The molecule has 1 saturated heterocycles. The van der Waals surface area contributed by atoms with Gasteiger partial charge in [-0.1, -0.05) is 13.3 Å². The lowest BCUT2D eigenvalue weighted by molar-refractivity contribution is -0.123. The number of carbonyl (C=O) groups excluding carboxylic acids is 1. The molecule has 4 heteroatoms. The standard InChI is InChI=1S/C11H20N2OS/c1-11(3-2-4-11)8-13-10(14)9-7-15-6-5-12-9/h9,12H,2-8H2,1H3,(H,13,14). The molecule has 1 unspecified atom stereocenters. The van der Waals surface area contributed by atoms with Crippen molar-refractivity contribution in [2.24, 2.45) is 5.41 Å². The Labute approximate surface area is 95.8 Å². The van der Waals surface area contributed by atoms with E-state index in [1.54, 1.807) is 0 Å². The monoisotopic (exact) mass is 228 g/mol. The molecule has 2 fully saturated rings. The molecule has 0 aromatic rings. The van der Waals surface area contributed by atoms with Crippen molar-refractivity contribution >= 4 is 17.7 Å². The highest BCUT2D eigenvalue weighted by molar-refractivity contribution is 7.99. The minimum atomic E-state index is 0.0347. The van der Waals surface area contributed by atoms with Crippen molar-refractivity contribution < 1.29 is 4.79 Å². The first kappa shape index (κ1) is 11.3. The molecule has 0 spiro atoms. The van der Waals surface area contributed by atoms with Crippen LogP contribution in [0.4, 0.5) is 0 Å². The van der Waals surface area contributed by atoms with Crippen LogP contribution < -0.4 is 10.6 Å². The molecule has 2 aliphatic rings. The maximum absolute atomic E-state index is 11.8. The van der Waals surface area contributed by atoms with Crippen molar-refractivity contribution in [1.82, 2.24) is 10.6 Å². The van der Waals surface area contributed by atoms with E-state index in [0.29, 0.717) is 5.41 Å². The summed E-state index contributed by atoms with van der Waals surface area (Å²) in [7, 11) is 0. The number of nitrogens with one attached hydrogen (secondary N) is 2. The lowest BCUT2D eigenvalue weighted by atomic mass is 9.70. The highest BCUT2D eigenvalue weighted by Gasteiger charge is 2.32. The van der Waals surface area contributed by atoms with Crippen LogP contribution in [0.15, 0.2) is 0 Å². The molecule has 1 aliphatic carbocycles. The predicted molar refractivity (Wildman–Crippen MR) is 64.1 cm³/mol. The van der Waals surface area contributed by atoms with E-state index in [9.17, 15) is 4.79 Å². The van der Waals surface area contributed by atoms with Crippen LogP contribution in [0, 0.1) is 5.41 Å². The summed E-state index contributed by atoms with van der Waals surface area (Å²) < 4.78 is 0. The predicted octanol–water partition coefficient (Wildman–Crippen LogP) is 0.998. The zero-order chi connectivity index (χ0) is 10.7. The van der Waals surface area contributed by atoms with Gasteiger partial charge in [-0.15, -0.1) is 0 Å². The highest BCUT2D eigenvalue weighted by Crippen LogP contribution is 2.39. The van der Waals surface area contributed by atoms with Gasteiger partial charge in [0.1, 0.15) is 0 Å². The summed E-state index contributed by atoms with van der Waals surface area (Å²) in [5.74, 6) is 2.24. The number of carbonyl (C=O) groups is 1. The summed E-state index contributed by atoms with van der Waals surface area (Å²) >= 11 is 1.86. The fourth-order valence-corrected chi connectivity index (χ4v) is 3.05. The summed E-state index contributed by atoms with van der Waals surface area (Å²) in [4.78, 5) is 11.8. The summed E-state index contributed by atoms with van der Waals surface area (Å²) in [5, 5.41) is 6.34. The van der Waals surface area contributed by atoms with Crippen LogP contribution >= 0.6 is 11.8 Å². The van der Waals surface area contributed by atoms with Crippen LogP contribution in [0.3, 0.4) is 0 Å². The van der Waals surface area contributed by atoms with Gasteiger partial charge in [-0.05, 0) is 18.3 Å². The molecule has 0 aromatic carbocycles. The lowest BCUT2D eigenvalue weighted by Crippen LogP contribution is -2.51. The molecule has 0 aromatic heterocycles. The van der Waals surface area contributed by atoms with Gasteiger partial charge in [0.15, 0.2) is 0 Å². The Morgan fingerprint density at radius 3 is 2.93 bits per heavy atom. The van der Waals surface area contributed by atoms with Crippen molar-refractivity contribution in [3.8, 4) is 0 Å². The molecule has 1 saturated carbocycles. The third-order valence-corrected chi connectivity index (χ3v) is 4.55. The Morgan fingerprint density at radius 1 is 1.60 bits per heavy atom. The fourth-order valence-electron chi connectivity index (χ4n) is 2.11. The van der Waals surface area contributed by atoms with Crippen LogP contribution in [0.2, 0.25) is 0 Å². The molecular formula is C11H20N2OS. The molecule has 15 heavy (non-hydrogen) atoms. The summed E-state index contributed by atoms with van der Waals surface area (Å²) in [6.07, 6.45) is 3.85. The molecule has 2 rings (SSSR count). The van der Waals surface area contributed by atoms with Crippen molar-refractivity contribution in [3.05, 3.63) is 0 Å². The second kappa shape index (κ2) is 4.74. The average molecular weight is 228 g/mol. The van der Waals surface area contributed by atoms with Gasteiger partial charge < -0.3 is 10.6 Å². The van der Waals surface area contributed by atoms with Gasteiger partial charge in [-0.25, -0.2) is 0 Å². The van der Waals surface area contributed by atoms with Gasteiger partial charge >= 0.3 is 0 Å². The van der Waals surface area contributed by atoms with Gasteiger partial charge in [0.05, 0.1) is 6.04 Å². The molecular weight excluding hydrogens is 208 g/mol. The van der Waals surface area contributed by atoms with Gasteiger partial charge in [0.25, 0.3) is 0 Å². The van der Waals surface area contributed by atoms with Crippen molar-refractivity contribution in [2.75, 3.05) is 24.6 Å². The fraction of sp³-hybridized carbons (Fsp3) is 0.909. The smallest absolute Gasteiger partial charge is 0.238 e. The van der Waals surface area contributed by atoms with Crippen LogP contribution in [-0.4, -0.2) is 36.5 Å². The largest absolute Gasteiger partial charge is 0.354 e. The highest BCUT2D eigenvalue weighted by atomic mass is 32.2. The Balaban J connectivity index is 1.71. The normalized spacial score (nSPS) is 29.3. The Kier molecular flexibility index (Phi) is 3.57. The third-order valence-electron chi connectivity index (χ3n) is 3.49. The second-order valence-electron chi connectivity index (χ2n) is 4.96. The maximum Gasteiger partial charge on any atom is 0.238 e. The molecule has 2 N–H and O–H groups in total. The topological polar surface area (TPSA) is 41.1 Å². The zero-order valence-corrected chi connectivity index (χ0v) is 10.2. The Bertz CT molecular complexity index is 235. The molecule has 1 atom stereocenters. The van der Waals surface area contributed by atoms with Crippen LogP contribution in [-0.2, 0) is 4.79 Å². The molecule has 0 bridgehead atoms. The number of amides is 1. The van der Waals surface area contributed by atoms with Gasteiger partial charge in [0, 0.05) is 24.6 Å². The Morgan fingerprint density at radius 2 is 2.40 bits per heavy atom. The minimum Gasteiger partial charge on any atom is -0.354 e. The van der Waals surface area contributed by atoms with E-state index in [-0.39, 0.29) is 11.9 Å². The summed E-state index contributed by atoms with van der Waals surface area (Å²) in [6.45, 7) is 4.08. The number of hydrogen-bond donors (Lipinski definition) is 2. The summed E-state index contributed by atoms with van der Waals surface area (Å²) in [6, 6.07) is 0.0347. The molecule has 86 valence electrons. The molecule has 1 heterocycles. The van der Waals surface area contributed by atoms with Crippen molar-refractivity contribution in [1.29, 1.82) is 0 Å². The van der Waals surface area contributed by atoms with Gasteiger partial charge in [-0.2, -0.15) is 11.8 Å². The first-order valence-corrected chi connectivity index (χ1v) is 6.94. The van der Waals surface area contributed by atoms with E-state index in [1.165, 1.54) is 19.3 Å². The quantitative estimate of drug-likeness (QED) is 0.757. The summed E-state index contributed by atoms with van der Waals surface area (Å²) in [5.41, 5.74) is 0.386.